The molecule has 0 radical (unpaired) electrons. The fraction of sp³-hybridized carbons (Fsp3) is 0. The minimum atomic E-state index is -0.649. The summed E-state index contributed by atoms with van der Waals surface area (Å²) in [4.78, 5) is 34.7. The number of fused-ring (bicyclic) bond motifs is 2. The molecule has 3 aromatic rings. The van der Waals surface area contributed by atoms with E-state index in [2.05, 4.69) is 0 Å². The van der Waals surface area contributed by atoms with Crippen molar-refractivity contribution in [2.75, 3.05) is 0 Å². The fourth-order valence-electron chi connectivity index (χ4n) is 2.10. The maximum absolute atomic E-state index is 12.4. The van der Waals surface area contributed by atoms with Crippen LogP contribution in [0.3, 0.4) is 0 Å². The molecule has 6 heteroatoms. The van der Waals surface area contributed by atoms with E-state index in [1.165, 1.54) is 36.4 Å². The number of carbonyl (C=O) groups excluding carboxylic acids is 2. The van der Waals surface area contributed by atoms with Crippen LogP contribution in [-0.4, -0.2) is 10.5 Å². The van der Waals surface area contributed by atoms with Crippen LogP contribution in [0.1, 0.15) is 20.7 Å². The molecule has 0 atom stereocenters. The van der Waals surface area contributed by atoms with E-state index in [1.54, 1.807) is 0 Å². The highest BCUT2D eigenvalue weighted by atomic mass is 35.5. The molecule has 4 nitrogen and oxygen atoms in total. The van der Waals surface area contributed by atoms with Crippen molar-refractivity contribution in [3.63, 3.8) is 0 Å². The second-order valence-electron chi connectivity index (χ2n) is 4.40. The minimum Gasteiger partial charge on any atom is -0.456 e. The summed E-state index contributed by atoms with van der Waals surface area (Å²) in [7, 11) is 0. The van der Waals surface area contributed by atoms with Gasteiger partial charge in [0.15, 0.2) is 0 Å². The Hall–Kier alpha value is -2.17. The van der Waals surface area contributed by atoms with Crippen molar-refractivity contribution in [3.8, 4) is 0 Å². The zero-order chi connectivity index (χ0) is 15.1. The van der Waals surface area contributed by atoms with E-state index in [0.29, 0.717) is 10.8 Å². The second kappa shape index (κ2) is 4.98. The number of rotatable bonds is 2. The Balaban J connectivity index is 2.40. The molecular formula is C15H6Cl2O4. The molecule has 104 valence electrons. The average molecular weight is 321 g/mol. The van der Waals surface area contributed by atoms with Crippen LogP contribution in [0.5, 0.6) is 0 Å². The van der Waals surface area contributed by atoms with Crippen molar-refractivity contribution in [1.82, 2.24) is 0 Å². The molecule has 0 unspecified atom stereocenters. The zero-order valence-electron chi connectivity index (χ0n) is 10.4. The Kier molecular flexibility index (Phi) is 3.27. The summed E-state index contributed by atoms with van der Waals surface area (Å²) in [6.07, 6.45) is 0. The Labute approximate surface area is 127 Å². The lowest BCUT2D eigenvalue weighted by Gasteiger charge is -2.03. The van der Waals surface area contributed by atoms with Crippen molar-refractivity contribution in [2.24, 2.45) is 0 Å². The predicted molar refractivity (Wildman–Crippen MR) is 80.4 cm³/mol. The second-order valence-corrected chi connectivity index (χ2v) is 5.09. The Morgan fingerprint density at radius 1 is 0.810 bits per heavy atom. The first-order chi connectivity index (χ1) is 9.97. The average Bonchev–Trinajstić information content (AvgIpc) is 2.46. The largest absolute Gasteiger partial charge is 0.456 e. The van der Waals surface area contributed by atoms with Gasteiger partial charge < -0.3 is 4.42 Å². The quantitative estimate of drug-likeness (QED) is 0.533. The molecule has 3 rings (SSSR count). The third kappa shape index (κ3) is 2.33. The summed E-state index contributed by atoms with van der Waals surface area (Å²) >= 11 is 10.8. The number of benzene rings is 2. The molecule has 0 bridgehead atoms. The Morgan fingerprint density at radius 2 is 1.24 bits per heavy atom. The van der Waals surface area contributed by atoms with E-state index in [0.717, 1.165) is 0 Å². The monoisotopic (exact) mass is 320 g/mol. The summed E-state index contributed by atoms with van der Waals surface area (Å²) in [5.41, 5.74) is 0.622. The normalized spacial score (nSPS) is 11.0. The predicted octanol–water partition coefficient (Wildman–Crippen LogP) is 3.70. The molecular weight excluding hydrogens is 315 g/mol. The van der Waals surface area contributed by atoms with Crippen molar-refractivity contribution < 1.29 is 14.0 Å². The number of carbonyl (C=O) groups is 2. The topological polar surface area (TPSA) is 64.3 Å². The summed E-state index contributed by atoms with van der Waals surface area (Å²) < 4.78 is 5.59. The lowest BCUT2D eigenvalue weighted by molar-refractivity contribution is 0.107. The molecule has 0 fully saturated rings. The maximum atomic E-state index is 12.4. The van der Waals surface area contributed by atoms with Gasteiger partial charge in [0.25, 0.3) is 10.5 Å². The molecule has 0 aliphatic carbocycles. The molecule has 0 amide bonds. The van der Waals surface area contributed by atoms with Crippen molar-refractivity contribution in [1.29, 1.82) is 0 Å². The van der Waals surface area contributed by atoms with Gasteiger partial charge in [-0.2, -0.15) is 0 Å². The van der Waals surface area contributed by atoms with Gasteiger partial charge in [0.1, 0.15) is 11.2 Å². The van der Waals surface area contributed by atoms with Crippen LogP contribution in [0.4, 0.5) is 0 Å². The lowest BCUT2D eigenvalue weighted by Crippen LogP contribution is -2.03. The van der Waals surface area contributed by atoms with Gasteiger partial charge in [-0.3, -0.25) is 14.4 Å². The highest BCUT2D eigenvalue weighted by Crippen LogP contribution is 2.22. The van der Waals surface area contributed by atoms with Crippen LogP contribution in [0.15, 0.2) is 45.6 Å². The molecule has 1 aromatic heterocycles. The zero-order valence-corrected chi connectivity index (χ0v) is 11.9. The molecule has 0 aliphatic rings. The minimum absolute atomic E-state index is 0.219. The maximum Gasteiger partial charge on any atom is 0.252 e. The van der Waals surface area contributed by atoms with Gasteiger partial charge >= 0.3 is 0 Å². The molecule has 21 heavy (non-hydrogen) atoms. The Morgan fingerprint density at radius 3 is 1.62 bits per heavy atom. The SMILES string of the molecule is O=C(Cl)c1ccc2c(=O)c3ccc(C(=O)Cl)cc3oc2c1. The number of hydrogen-bond acceptors (Lipinski definition) is 4. The molecule has 0 aliphatic heterocycles. The summed E-state index contributed by atoms with van der Waals surface area (Å²) in [5, 5.41) is -0.642. The van der Waals surface area contributed by atoms with Crippen molar-refractivity contribution in [3.05, 3.63) is 57.7 Å². The Bertz CT molecular complexity index is 897. The molecule has 0 saturated heterocycles. The van der Waals surface area contributed by atoms with E-state index >= 15 is 0 Å². The molecule has 0 N–H and O–H groups in total. The first-order valence-corrected chi connectivity index (χ1v) is 6.63. The van der Waals surface area contributed by atoms with Crippen LogP contribution >= 0.6 is 23.2 Å². The van der Waals surface area contributed by atoms with Crippen molar-refractivity contribution >= 4 is 55.6 Å². The van der Waals surface area contributed by atoms with E-state index in [4.69, 9.17) is 27.6 Å². The molecule has 0 saturated carbocycles. The smallest absolute Gasteiger partial charge is 0.252 e. The highest BCUT2D eigenvalue weighted by molar-refractivity contribution is 6.68. The van der Waals surface area contributed by atoms with Crippen LogP contribution in [0.25, 0.3) is 21.9 Å². The first kappa shape index (κ1) is 13.8. The van der Waals surface area contributed by atoms with Gasteiger partial charge in [-0.1, -0.05) is 0 Å². The van der Waals surface area contributed by atoms with Gasteiger partial charge in [0.05, 0.1) is 10.8 Å². The first-order valence-electron chi connectivity index (χ1n) is 5.87. The van der Waals surface area contributed by atoms with Crippen molar-refractivity contribution in [2.45, 2.75) is 0 Å². The third-order valence-electron chi connectivity index (χ3n) is 3.13. The van der Waals surface area contributed by atoms with E-state index in [-0.39, 0.29) is 27.7 Å². The molecule has 1 heterocycles. The van der Waals surface area contributed by atoms with E-state index in [9.17, 15) is 14.4 Å². The number of hydrogen-bond donors (Lipinski definition) is 0. The molecule has 2 aromatic carbocycles. The van der Waals surface area contributed by atoms with Gasteiger partial charge in [0.2, 0.25) is 5.43 Å². The third-order valence-corrected chi connectivity index (χ3v) is 3.56. The number of halogens is 2. The van der Waals surface area contributed by atoms with Gasteiger partial charge in [-0.15, -0.1) is 0 Å². The highest BCUT2D eigenvalue weighted by Gasteiger charge is 2.12. The van der Waals surface area contributed by atoms with Gasteiger partial charge in [0, 0.05) is 11.1 Å². The standard InChI is InChI=1S/C15H6Cl2O4/c16-14(19)7-1-3-9-11(5-7)21-12-6-8(15(17)20)2-4-10(12)13(9)18/h1-6H. The lowest BCUT2D eigenvalue weighted by atomic mass is 10.1. The van der Waals surface area contributed by atoms with E-state index < -0.39 is 10.5 Å². The van der Waals surface area contributed by atoms with Gasteiger partial charge in [-0.05, 0) is 59.6 Å². The van der Waals surface area contributed by atoms with Crippen LogP contribution in [0.2, 0.25) is 0 Å². The van der Waals surface area contributed by atoms with Crippen LogP contribution < -0.4 is 5.43 Å². The molecule has 0 spiro atoms. The van der Waals surface area contributed by atoms with Crippen LogP contribution in [0, 0.1) is 0 Å². The van der Waals surface area contributed by atoms with Crippen LogP contribution in [-0.2, 0) is 0 Å². The van der Waals surface area contributed by atoms with Gasteiger partial charge in [-0.25, -0.2) is 0 Å². The summed E-state index contributed by atoms with van der Waals surface area (Å²) in [6, 6.07) is 8.66. The fourth-order valence-corrected chi connectivity index (χ4v) is 2.33. The van der Waals surface area contributed by atoms with E-state index in [1.807, 2.05) is 0 Å². The summed E-state index contributed by atoms with van der Waals surface area (Å²) in [5.74, 6) is 0. The summed E-state index contributed by atoms with van der Waals surface area (Å²) in [6.45, 7) is 0.